The van der Waals surface area contributed by atoms with Crippen molar-refractivity contribution in [2.24, 2.45) is 11.8 Å². The van der Waals surface area contributed by atoms with Gasteiger partial charge in [0.05, 0.1) is 6.10 Å². The molecule has 0 amide bonds. The highest BCUT2D eigenvalue weighted by Crippen LogP contribution is 2.37. The van der Waals surface area contributed by atoms with Crippen LogP contribution in [0.5, 0.6) is 0 Å². The van der Waals surface area contributed by atoms with Crippen molar-refractivity contribution >= 4 is 11.9 Å². The van der Waals surface area contributed by atoms with E-state index in [4.69, 9.17) is 10.7 Å². The molecule has 6 nitrogen and oxygen atoms in total. The van der Waals surface area contributed by atoms with Gasteiger partial charge in [0.15, 0.2) is 0 Å². The number of fused-ring (bicyclic) bond motifs is 2. The van der Waals surface area contributed by atoms with E-state index < -0.39 is 0 Å². The second-order valence-corrected chi connectivity index (χ2v) is 7.18. The van der Waals surface area contributed by atoms with Crippen LogP contribution in [0.4, 0.5) is 11.9 Å². The topological polar surface area (TPSA) is 88.2 Å². The van der Waals surface area contributed by atoms with Gasteiger partial charge in [-0.15, -0.1) is 0 Å². The second-order valence-electron chi connectivity index (χ2n) is 7.18. The Balaban J connectivity index is 1.59. The van der Waals surface area contributed by atoms with Crippen molar-refractivity contribution < 1.29 is 5.11 Å². The molecule has 2 heterocycles. The first-order valence-corrected chi connectivity index (χ1v) is 8.65. The zero-order valence-electron chi connectivity index (χ0n) is 13.0. The van der Waals surface area contributed by atoms with Gasteiger partial charge in [-0.1, -0.05) is 19.3 Å². The van der Waals surface area contributed by atoms with Gasteiger partial charge in [0.1, 0.15) is 5.82 Å². The number of anilines is 2. The number of nitrogens with zero attached hydrogens (tertiary/aromatic N) is 4. The largest absolute Gasteiger partial charge is 0.392 e. The fourth-order valence-electron chi connectivity index (χ4n) is 4.48. The number of hydrogen-bond acceptors (Lipinski definition) is 6. The smallest absolute Gasteiger partial charge is 0.230 e. The minimum Gasteiger partial charge on any atom is -0.392 e. The van der Waals surface area contributed by atoms with Gasteiger partial charge in [0.25, 0.3) is 0 Å². The van der Waals surface area contributed by atoms with Crippen LogP contribution in [0.15, 0.2) is 0 Å². The van der Waals surface area contributed by atoms with E-state index in [0.29, 0.717) is 23.7 Å². The summed E-state index contributed by atoms with van der Waals surface area (Å²) < 4.78 is 0. The maximum Gasteiger partial charge on any atom is 0.230 e. The molecule has 1 aromatic heterocycles. The van der Waals surface area contributed by atoms with Gasteiger partial charge < -0.3 is 15.7 Å². The molecule has 6 heteroatoms. The third-order valence-corrected chi connectivity index (χ3v) is 5.69. The monoisotopic (exact) mass is 303 g/mol. The molecule has 1 saturated heterocycles. The number of rotatable bonds is 2. The molecule has 3 fully saturated rings. The Morgan fingerprint density at radius 1 is 0.909 bits per heavy atom. The number of aliphatic hydroxyl groups excluding tert-OH is 1. The molecule has 0 radical (unpaired) electrons. The molecule has 4 rings (SSSR count). The predicted octanol–water partition coefficient (Wildman–Crippen LogP) is 1.71. The van der Waals surface area contributed by atoms with Gasteiger partial charge in [0.2, 0.25) is 11.9 Å². The van der Waals surface area contributed by atoms with E-state index >= 15 is 0 Å². The van der Waals surface area contributed by atoms with Crippen molar-refractivity contribution in [2.75, 3.05) is 23.7 Å². The minimum absolute atomic E-state index is 0.154. The van der Waals surface area contributed by atoms with Crippen LogP contribution in [0, 0.1) is 11.8 Å². The highest BCUT2D eigenvalue weighted by molar-refractivity contribution is 5.36. The van der Waals surface area contributed by atoms with Crippen molar-refractivity contribution in [3.63, 3.8) is 0 Å². The average molecular weight is 303 g/mol. The Morgan fingerprint density at radius 3 is 2.27 bits per heavy atom. The van der Waals surface area contributed by atoms with E-state index in [1.54, 1.807) is 0 Å². The number of piperidine rings is 1. The number of aliphatic hydroxyl groups is 1. The Bertz CT molecular complexity index is 531. The first-order chi connectivity index (χ1) is 10.7. The molecule has 3 N–H and O–H groups in total. The Hall–Kier alpha value is -1.43. The van der Waals surface area contributed by atoms with Crippen molar-refractivity contribution in [1.82, 2.24) is 15.0 Å². The summed E-state index contributed by atoms with van der Waals surface area (Å²) in [6, 6.07) is 0. The maximum atomic E-state index is 10.3. The molecular weight excluding hydrogens is 278 g/mol. The Labute approximate surface area is 131 Å². The number of nitrogens with two attached hydrogens (primary N) is 1. The van der Waals surface area contributed by atoms with Crippen molar-refractivity contribution in [3.8, 4) is 0 Å². The molecule has 2 saturated carbocycles. The fraction of sp³-hybridized carbons (Fsp3) is 0.812. The lowest BCUT2D eigenvalue weighted by atomic mass is 9.75. The van der Waals surface area contributed by atoms with E-state index in [-0.39, 0.29) is 6.10 Å². The lowest BCUT2D eigenvalue weighted by Gasteiger charge is -2.45. The Kier molecular flexibility index (Phi) is 3.64. The zero-order valence-corrected chi connectivity index (χ0v) is 13.0. The van der Waals surface area contributed by atoms with Crippen molar-refractivity contribution in [2.45, 2.75) is 57.0 Å². The normalized spacial score (nSPS) is 32.4. The van der Waals surface area contributed by atoms with Gasteiger partial charge in [-0.2, -0.15) is 15.0 Å². The van der Waals surface area contributed by atoms with Gasteiger partial charge in [-0.25, -0.2) is 0 Å². The molecule has 1 aliphatic heterocycles. The maximum absolute atomic E-state index is 10.3. The molecule has 2 aliphatic carbocycles. The molecule has 0 aromatic carbocycles. The summed E-state index contributed by atoms with van der Waals surface area (Å²) in [5.41, 5.74) is 5.94. The van der Waals surface area contributed by atoms with Crippen LogP contribution < -0.4 is 10.6 Å². The van der Waals surface area contributed by atoms with Gasteiger partial charge in [0, 0.05) is 30.8 Å². The van der Waals surface area contributed by atoms with Crippen LogP contribution in [-0.4, -0.2) is 39.3 Å². The molecule has 2 bridgehead atoms. The zero-order chi connectivity index (χ0) is 15.1. The van der Waals surface area contributed by atoms with E-state index in [1.807, 2.05) is 0 Å². The summed E-state index contributed by atoms with van der Waals surface area (Å²) in [6.45, 7) is 1.68. The summed E-state index contributed by atoms with van der Waals surface area (Å²) in [5.74, 6) is 3.07. The van der Waals surface area contributed by atoms with E-state index in [9.17, 15) is 5.11 Å². The first kappa shape index (κ1) is 14.2. The summed E-state index contributed by atoms with van der Waals surface area (Å²) in [5, 5.41) is 10.3. The van der Waals surface area contributed by atoms with Crippen LogP contribution in [0.25, 0.3) is 0 Å². The summed E-state index contributed by atoms with van der Waals surface area (Å²) >= 11 is 0. The highest BCUT2D eigenvalue weighted by Gasteiger charge is 2.39. The third-order valence-electron chi connectivity index (χ3n) is 5.69. The molecule has 2 unspecified atom stereocenters. The van der Waals surface area contributed by atoms with Crippen molar-refractivity contribution in [1.29, 1.82) is 0 Å². The summed E-state index contributed by atoms with van der Waals surface area (Å²) in [6.07, 6.45) is 8.11. The molecule has 0 spiro atoms. The summed E-state index contributed by atoms with van der Waals surface area (Å²) in [4.78, 5) is 15.7. The van der Waals surface area contributed by atoms with Crippen LogP contribution in [0.2, 0.25) is 0 Å². The molecule has 3 aliphatic rings. The quantitative estimate of drug-likeness (QED) is 0.864. The van der Waals surface area contributed by atoms with E-state index in [2.05, 4.69) is 14.9 Å². The lowest BCUT2D eigenvalue weighted by molar-refractivity contribution is 0.00557. The highest BCUT2D eigenvalue weighted by atomic mass is 16.3. The predicted molar refractivity (Wildman–Crippen MR) is 84.5 cm³/mol. The standard InChI is InChI=1S/C16H25N5O/c17-15-18-14(10-4-1-2-5-10)19-16(20-15)21-8-11-6-3-7-12(9-21)13(11)22/h10-13,22H,1-9H2,(H2,17,18,19,20). The van der Waals surface area contributed by atoms with Crippen LogP contribution >= 0.6 is 0 Å². The average Bonchev–Trinajstić information content (AvgIpc) is 3.00. The molecule has 2 atom stereocenters. The van der Waals surface area contributed by atoms with Crippen LogP contribution in [-0.2, 0) is 0 Å². The van der Waals surface area contributed by atoms with Gasteiger partial charge in [-0.3, -0.25) is 0 Å². The second kappa shape index (κ2) is 5.65. The van der Waals surface area contributed by atoms with Crippen molar-refractivity contribution in [3.05, 3.63) is 5.82 Å². The fourth-order valence-corrected chi connectivity index (χ4v) is 4.48. The molecule has 1 aromatic rings. The van der Waals surface area contributed by atoms with Gasteiger partial charge >= 0.3 is 0 Å². The molecule has 22 heavy (non-hydrogen) atoms. The van der Waals surface area contributed by atoms with Crippen LogP contribution in [0.3, 0.4) is 0 Å². The summed E-state index contributed by atoms with van der Waals surface area (Å²) in [7, 11) is 0. The number of nitrogen functional groups attached to an aromatic ring is 1. The Morgan fingerprint density at radius 2 is 1.59 bits per heavy atom. The van der Waals surface area contributed by atoms with Gasteiger partial charge in [-0.05, 0) is 25.7 Å². The molecular formula is C16H25N5O. The van der Waals surface area contributed by atoms with E-state index in [1.165, 1.54) is 19.3 Å². The van der Waals surface area contributed by atoms with Crippen LogP contribution in [0.1, 0.15) is 56.7 Å². The molecule has 120 valence electrons. The number of hydrogen-bond donors (Lipinski definition) is 2. The SMILES string of the molecule is Nc1nc(C2CCCC2)nc(N2CC3CCCC(C2)C3O)n1. The van der Waals surface area contributed by atoms with E-state index in [0.717, 1.165) is 50.5 Å². The lowest BCUT2D eigenvalue weighted by Crippen LogP contribution is -2.52. The first-order valence-electron chi connectivity index (χ1n) is 8.65. The third kappa shape index (κ3) is 2.53. The number of aromatic nitrogens is 3. The minimum atomic E-state index is -0.154.